The third kappa shape index (κ3) is 2.05. The SMILES string of the molecule is Fc1cccc2[nH]c(-c3cc(I)ccc3Br)nc12. The summed E-state index contributed by atoms with van der Waals surface area (Å²) >= 11 is 5.72. The lowest BCUT2D eigenvalue weighted by molar-refractivity contribution is 0.637. The van der Waals surface area contributed by atoms with Gasteiger partial charge in [0.2, 0.25) is 0 Å². The first-order valence-corrected chi connectivity index (χ1v) is 7.12. The maximum absolute atomic E-state index is 13.6. The number of nitrogens with one attached hydrogen (secondary N) is 1. The van der Waals surface area contributed by atoms with Crippen LogP contribution >= 0.6 is 38.5 Å². The van der Waals surface area contributed by atoms with E-state index in [9.17, 15) is 4.39 Å². The van der Waals surface area contributed by atoms with Crippen LogP contribution in [0.1, 0.15) is 0 Å². The molecule has 0 amide bonds. The Hall–Kier alpha value is -0.950. The normalized spacial score (nSPS) is 11.1. The van der Waals surface area contributed by atoms with Gasteiger partial charge in [0.1, 0.15) is 11.3 Å². The van der Waals surface area contributed by atoms with Crippen LogP contribution in [0, 0.1) is 9.39 Å². The summed E-state index contributed by atoms with van der Waals surface area (Å²) in [5.74, 6) is 0.359. The van der Waals surface area contributed by atoms with Crippen LogP contribution < -0.4 is 0 Å². The fraction of sp³-hybridized carbons (Fsp3) is 0. The van der Waals surface area contributed by atoms with E-state index >= 15 is 0 Å². The molecule has 1 heterocycles. The van der Waals surface area contributed by atoms with Crippen molar-refractivity contribution in [1.29, 1.82) is 0 Å². The van der Waals surface area contributed by atoms with Crippen LogP contribution in [0.4, 0.5) is 4.39 Å². The van der Waals surface area contributed by atoms with Crippen molar-refractivity contribution in [3.8, 4) is 11.4 Å². The zero-order valence-electron chi connectivity index (χ0n) is 9.05. The summed E-state index contributed by atoms with van der Waals surface area (Å²) in [6.45, 7) is 0. The molecular weight excluding hydrogens is 410 g/mol. The van der Waals surface area contributed by atoms with Gasteiger partial charge in [0.05, 0.1) is 5.52 Å². The minimum absolute atomic E-state index is 0.309. The Labute approximate surface area is 125 Å². The second kappa shape index (κ2) is 4.62. The molecule has 18 heavy (non-hydrogen) atoms. The molecule has 0 aliphatic carbocycles. The lowest BCUT2D eigenvalue weighted by atomic mass is 10.2. The molecule has 1 aromatic heterocycles. The average molecular weight is 417 g/mol. The number of benzene rings is 2. The van der Waals surface area contributed by atoms with Crippen molar-refractivity contribution in [3.63, 3.8) is 0 Å². The van der Waals surface area contributed by atoms with Crippen molar-refractivity contribution in [3.05, 3.63) is 50.3 Å². The molecule has 0 aliphatic rings. The predicted octanol–water partition coefficient (Wildman–Crippen LogP) is 4.74. The number of nitrogens with zero attached hydrogens (tertiary/aromatic N) is 1. The topological polar surface area (TPSA) is 28.7 Å². The molecular formula is C13H7BrFIN2. The van der Waals surface area contributed by atoms with Crippen molar-refractivity contribution >= 4 is 49.6 Å². The van der Waals surface area contributed by atoms with Crippen molar-refractivity contribution < 1.29 is 4.39 Å². The van der Waals surface area contributed by atoms with Crippen molar-refractivity contribution in [1.82, 2.24) is 9.97 Å². The van der Waals surface area contributed by atoms with E-state index < -0.39 is 0 Å². The van der Waals surface area contributed by atoms with Crippen LogP contribution in [0.5, 0.6) is 0 Å². The summed E-state index contributed by atoms with van der Waals surface area (Å²) in [6, 6.07) is 10.9. The lowest BCUT2D eigenvalue weighted by Gasteiger charge is -2.01. The quantitative estimate of drug-likeness (QED) is 0.570. The molecule has 0 fully saturated rings. The molecule has 0 bridgehead atoms. The van der Waals surface area contributed by atoms with E-state index in [1.54, 1.807) is 6.07 Å². The van der Waals surface area contributed by atoms with Crippen LogP contribution in [0.25, 0.3) is 22.4 Å². The highest BCUT2D eigenvalue weighted by molar-refractivity contribution is 14.1. The highest BCUT2D eigenvalue weighted by atomic mass is 127. The third-order valence-electron chi connectivity index (χ3n) is 2.65. The Morgan fingerprint density at radius 1 is 1.22 bits per heavy atom. The fourth-order valence-electron chi connectivity index (χ4n) is 1.80. The minimum atomic E-state index is -0.309. The summed E-state index contributed by atoms with van der Waals surface area (Å²) in [4.78, 5) is 7.46. The Bertz CT molecular complexity index is 739. The number of aromatic nitrogens is 2. The second-order valence-electron chi connectivity index (χ2n) is 3.85. The fourth-order valence-corrected chi connectivity index (χ4v) is 2.73. The van der Waals surface area contributed by atoms with Gasteiger partial charge in [0.25, 0.3) is 0 Å². The van der Waals surface area contributed by atoms with Gasteiger partial charge >= 0.3 is 0 Å². The van der Waals surface area contributed by atoms with Gasteiger partial charge in [-0.1, -0.05) is 22.0 Å². The standard InChI is InChI=1S/C13H7BrFIN2/c14-9-5-4-7(16)6-8(9)13-17-11-3-1-2-10(15)12(11)18-13/h1-6H,(H,17,18). The summed E-state index contributed by atoms with van der Waals surface area (Å²) in [5.41, 5.74) is 2.01. The number of hydrogen-bond donors (Lipinski definition) is 1. The van der Waals surface area contributed by atoms with E-state index in [-0.39, 0.29) is 5.82 Å². The molecule has 3 aromatic rings. The van der Waals surface area contributed by atoms with Gasteiger partial charge in [-0.25, -0.2) is 9.37 Å². The van der Waals surface area contributed by atoms with Crippen LogP contribution in [0.15, 0.2) is 40.9 Å². The number of hydrogen-bond acceptors (Lipinski definition) is 1. The third-order valence-corrected chi connectivity index (χ3v) is 4.01. The van der Waals surface area contributed by atoms with E-state index in [1.165, 1.54) is 6.07 Å². The molecule has 0 radical (unpaired) electrons. The van der Waals surface area contributed by atoms with Crippen molar-refractivity contribution in [2.24, 2.45) is 0 Å². The number of fused-ring (bicyclic) bond motifs is 1. The molecule has 90 valence electrons. The summed E-state index contributed by atoms with van der Waals surface area (Å²) in [5, 5.41) is 0. The highest BCUT2D eigenvalue weighted by Crippen LogP contribution is 2.29. The first-order chi connectivity index (χ1) is 8.65. The number of H-pyrrole nitrogens is 1. The number of imidazole rings is 1. The van der Waals surface area contributed by atoms with Gasteiger partial charge in [-0.15, -0.1) is 0 Å². The number of halogens is 3. The van der Waals surface area contributed by atoms with Gasteiger partial charge in [-0.3, -0.25) is 0 Å². The van der Waals surface area contributed by atoms with Gasteiger partial charge < -0.3 is 4.98 Å². The first-order valence-electron chi connectivity index (χ1n) is 5.25. The molecule has 5 heteroatoms. The maximum atomic E-state index is 13.6. The second-order valence-corrected chi connectivity index (χ2v) is 5.95. The van der Waals surface area contributed by atoms with E-state index in [2.05, 4.69) is 48.5 Å². The number of para-hydroxylation sites is 1. The zero-order chi connectivity index (χ0) is 12.7. The summed E-state index contributed by atoms with van der Waals surface area (Å²) in [6.07, 6.45) is 0. The number of aromatic amines is 1. The highest BCUT2D eigenvalue weighted by Gasteiger charge is 2.11. The van der Waals surface area contributed by atoms with E-state index in [0.29, 0.717) is 16.9 Å². The van der Waals surface area contributed by atoms with Gasteiger partial charge in [0, 0.05) is 13.6 Å². The molecule has 0 unspecified atom stereocenters. The number of rotatable bonds is 1. The van der Waals surface area contributed by atoms with Crippen molar-refractivity contribution in [2.75, 3.05) is 0 Å². The van der Waals surface area contributed by atoms with E-state index in [4.69, 9.17) is 0 Å². The average Bonchev–Trinajstić information content (AvgIpc) is 2.77. The lowest BCUT2D eigenvalue weighted by Crippen LogP contribution is -1.84. The molecule has 2 nitrogen and oxygen atoms in total. The Morgan fingerprint density at radius 3 is 2.83 bits per heavy atom. The molecule has 0 aliphatic heterocycles. The smallest absolute Gasteiger partial charge is 0.151 e. The monoisotopic (exact) mass is 416 g/mol. The van der Waals surface area contributed by atoms with E-state index in [1.807, 2.05) is 24.3 Å². The first kappa shape index (κ1) is 12.1. The zero-order valence-corrected chi connectivity index (χ0v) is 12.8. The molecule has 0 saturated heterocycles. The Balaban J connectivity index is 2.26. The molecule has 3 rings (SSSR count). The predicted molar refractivity (Wildman–Crippen MR) is 81.9 cm³/mol. The van der Waals surface area contributed by atoms with Crippen LogP contribution in [0.2, 0.25) is 0 Å². The molecule has 0 atom stereocenters. The Morgan fingerprint density at radius 2 is 2.06 bits per heavy atom. The Kier molecular flexibility index (Phi) is 3.11. The largest absolute Gasteiger partial charge is 0.338 e. The molecule has 0 spiro atoms. The van der Waals surface area contributed by atoms with Crippen LogP contribution in [-0.4, -0.2) is 9.97 Å². The van der Waals surface area contributed by atoms with Crippen LogP contribution in [0.3, 0.4) is 0 Å². The van der Waals surface area contributed by atoms with Gasteiger partial charge in [-0.05, 0) is 52.9 Å². The van der Waals surface area contributed by atoms with Crippen molar-refractivity contribution in [2.45, 2.75) is 0 Å². The molecule has 2 aromatic carbocycles. The van der Waals surface area contributed by atoms with E-state index in [0.717, 1.165) is 13.6 Å². The van der Waals surface area contributed by atoms with Gasteiger partial charge in [-0.2, -0.15) is 0 Å². The van der Waals surface area contributed by atoms with Crippen LogP contribution in [-0.2, 0) is 0 Å². The maximum Gasteiger partial charge on any atom is 0.151 e. The molecule has 1 N–H and O–H groups in total. The minimum Gasteiger partial charge on any atom is -0.338 e. The summed E-state index contributed by atoms with van der Waals surface area (Å²) in [7, 11) is 0. The van der Waals surface area contributed by atoms with Gasteiger partial charge in [0.15, 0.2) is 5.82 Å². The summed E-state index contributed by atoms with van der Waals surface area (Å²) < 4.78 is 15.6. The molecule has 0 saturated carbocycles.